The van der Waals surface area contributed by atoms with Crippen molar-refractivity contribution < 1.29 is 13.6 Å². The average Bonchev–Trinajstić information content (AvgIpc) is 3.25. The number of H-pyrrole nitrogens is 1. The highest BCUT2D eigenvalue weighted by atomic mass is 127. The summed E-state index contributed by atoms with van der Waals surface area (Å²) in [6, 6.07) is 8.20. The summed E-state index contributed by atoms with van der Waals surface area (Å²) in [6.07, 6.45) is 4.81. The lowest BCUT2D eigenvalue weighted by Gasteiger charge is -2.38. The monoisotopic (exact) mass is 540 g/mol. The molecule has 6 nitrogen and oxygen atoms in total. The largest absolute Gasteiger partial charge is 0.371 e. The van der Waals surface area contributed by atoms with Crippen LogP contribution in [-0.2, 0) is 11.0 Å². The van der Waals surface area contributed by atoms with Crippen LogP contribution in [0.15, 0.2) is 47.5 Å². The molecular weight excluding hydrogens is 517 g/mol. The molecule has 0 aliphatic carbocycles. The van der Waals surface area contributed by atoms with Gasteiger partial charge in [0.25, 0.3) is 11.5 Å². The summed E-state index contributed by atoms with van der Waals surface area (Å²) < 4.78 is 25.4. The molecule has 0 unspecified atom stereocenters. The van der Waals surface area contributed by atoms with Gasteiger partial charge in [0, 0.05) is 84.8 Å². The molecule has 1 amide bonds. The predicted molar refractivity (Wildman–Crippen MR) is 125 cm³/mol. The van der Waals surface area contributed by atoms with Crippen molar-refractivity contribution in [3.8, 4) is 0 Å². The number of rotatable bonds is 4. The molecule has 31 heavy (non-hydrogen) atoms. The molecule has 1 fully saturated rings. The first-order chi connectivity index (χ1) is 14.7. The maximum absolute atomic E-state index is 13.4. The van der Waals surface area contributed by atoms with Gasteiger partial charge in [0.1, 0.15) is 5.52 Å². The van der Waals surface area contributed by atoms with Crippen LogP contribution in [-0.4, -0.2) is 46.5 Å². The highest BCUT2D eigenvalue weighted by Gasteiger charge is 2.29. The summed E-state index contributed by atoms with van der Waals surface area (Å²) in [5.41, 5.74) is 1.66. The van der Waals surface area contributed by atoms with E-state index in [0.717, 1.165) is 54.2 Å². The Morgan fingerprint density at radius 3 is 2.45 bits per heavy atom. The minimum Gasteiger partial charge on any atom is -0.371 e. The summed E-state index contributed by atoms with van der Waals surface area (Å²) in [5, 5.41) is 0.629. The number of halogens is 3. The molecule has 3 heterocycles. The zero-order valence-electron chi connectivity index (χ0n) is 17.2. The lowest BCUT2D eigenvalue weighted by atomic mass is 10.0. The van der Waals surface area contributed by atoms with Gasteiger partial charge in [-0.25, -0.2) is 0 Å². The molecule has 1 aromatic carbocycles. The van der Waals surface area contributed by atoms with E-state index in [-0.39, 0.29) is 23.1 Å². The van der Waals surface area contributed by atoms with Crippen molar-refractivity contribution in [1.29, 1.82) is 0 Å². The molecule has 1 aliphatic heterocycles. The molecule has 164 valence electrons. The number of aromatic amines is 1. The van der Waals surface area contributed by atoms with E-state index in [4.69, 9.17) is 0 Å². The summed E-state index contributed by atoms with van der Waals surface area (Å²) >= 11 is 1.13. The molecular formula is C22H23F2IN4O2. The van der Waals surface area contributed by atoms with E-state index in [2.05, 4.69) is 9.88 Å². The van der Waals surface area contributed by atoms with E-state index in [1.165, 1.54) is 16.7 Å². The Kier molecular flexibility index (Phi) is 5.80. The van der Waals surface area contributed by atoms with Crippen LogP contribution in [0, 0.1) is 0 Å². The number of nitrogens with one attached hydrogen (secondary N) is 1. The lowest BCUT2D eigenvalue weighted by molar-refractivity contribution is 0.0710. The molecule has 0 bridgehead atoms. The van der Waals surface area contributed by atoms with E-state index >= 15 is 0 Å². The fourth-order valence-corrected chi connectivity index (χ4v) is 4.53. The number of fused-ring (bicyclic) bond motifs is 1. The highest BCUT2D eigenvalue weighted by Crippen LogP contribution is 2.36. The zero-order valence-corrected chi connectivity index (χ0v) is 19.4. The summed E-state index contributed by atoms with van der Waals surface area (Å²) in [7, 11) is 3.43. The van der Waals surface area contributed by atoms with E-state index < -0.39 is 3.93 Å². The SMILES string of the molecule is CN(C(=O)c1cn(C)c(=O)c2[nH]ccc12)C1CCN(c2ccc(C(F)(F)I)cc2)CC1. The van der Waals surface area contributed by atoms with Crippen LogP contribution in [0.5, 0.6) is 0 Å². The molecule has 4 rings (SSSR count). The van der Waals surface area contributed by atoms with Crippen LogP contribution in [0.25, 0.3) is 10.9 Å². The van der Waals surface area contributed by atoms with E-state index in [0.29, 0.717) is 16.5 Å². The fraction of sp³-hybridized carbons (Fsp3) is 0.364. The number of carbonyl (C=O) groups excluding carboxylic acids is 1. The van der Waals surface area contributed by atoms with E-state index in [9.17, 15) is 18.4 Å². The van der Waals surface area contributed by atoms with Gasteiger partial charge in [0.2, 0.25) is 0 Å². The molecule has 1 N–H and O–H groups in total. The number of aromatic nitrogens is 2. The maximum Gasteiger partial charge on any atom is 0.321 e. The first-order valence-electron chi connectivity index (χ1n) is 10.0. The molecule has 0 saturated carbocycles. The second-order valence-corrected chi connectivity index (χ2v) is 9.26. The Balaban J connectivity index is 1.46. The second kappa shape index (κ2) is 8.25. The van der Waals surface area contributed by atoms with Gasteiger partial charge in [0.15, 0.2) is 0 Å². The third-order valence-corrected chi connectivity index (χ3v) is 6.64. The van der Waals surface area contributed by atoms with Crippen molar-refractivity contribution in [3.63, 3.8) is 0 Å². The van der Waals surface area contributed by atoms with Crippen molar-refractivity contribution in [2.45, 2.75) is 22.8 Å². The van der Waals surface area contributed by atoms with Gasteiger partial charge < -0.3 is 19.4 Å². The van der Waals surface area contributed by atoms with Gasteiger partial charge in [-0.1, -0.05) is 12.1 Å². The van der Waals surface area contributed by atoms with E-state index in [1.807, 2.05) is 0 Å². The Morgan fingerprint density at radius 1 is 1.19 bits per heavy atom. The number of hydrogen-bond donors (Lipinski definition) is 1. The number of benzene rings is 1. The maximum atomic E-state index is 13.4. The number of amides is 1. The van der Waals surface area contributed by atoms with Gasteiger partial charge in [0.05, 0.1) is 5.56 Å². The predicted octanol–water partition coefficient (Wildman–Crippen LogP) is 4.09. The fourth-order valence-electron chi connectivity index (χ4n) is 4.17. The molecule has 0 atom stereocenters. The number of aryl methyl sites for hydroxylation is 1. The summed E-state index contributed by atoms with van der Waals surface area (Å²) in [5.74, 6) is -0.118. The first kappa shape index (κ1) is 21.8. The summed E-state index contributed by atoms with van der Waals surface area (Å²) in [6.45, 7) is 1.46. The number of hydrogen-bond acceptors (Lipinski definition) is 3. The number of alkyl halides is 3. The molecule has 0 spiro atoms. The zero-order chi connectivity index (χ0) is 22.3. The Morgan fingerprint density at radius 2 is 1.84 bits per heavy atom. The van der Waals surface area contributed by atoms with Crippen LogP contribution in [0.1, 0.15) is 28.8 Å². The Hall–Kier alpha value is -2.43. The van der Waals surface area contributed by atoms with Crippen molar-refractivity contribution in [2.24, 2.45) is 7.05 Å². The van der Waals surface area contributed by atoms with E-state index in [1.54, 1.807) is 49.6 Å². The Bertz CT molecular complexity index is 1160. The smallest absolute Gasteiger partial charge is 0.321 e. The summed E-state index contributed by atoms with van der Waals surface area (Å²) in [4.78, 5) is 32.3. The lowest BCUT2D eigenvalue weighted by Crippen LogP contribution is -2.46. The molecule has 9 heteroatoms. The molecule has 1 saturated heterocycles. The molecule has 0 radical (unpaired) electrons. The average molecular weight is 540 g/mol. The van der Waals surface area contributed by atoms with Crippen LogP contribution >= 0.6 is 22.6 Å². The van der Waals surface area contributed by atoms with Crippen molar-refractivity contribution in [1.82, 2.24) is 14.5 Å². The highest BCUT2D eigenvalue weighted by molar-refractivity contribution is 14.1. The minimum absolute atomic E-state index is 0.00889. The van der Waals surface area contributed by atoms with Crippen molar-refractivity contribution >= 4 is 45.1 Å². The number of pyridine rings is 1. The third kappa shape index (κ3) is 4.19. The number of nitrogens with zero attached hydrogens (tertiary/aromatic N) is 3. The second-order valence-electron chi connectivity index (χ2n) is 7.90. The molecule has 1 aliphatic rings. The van der Waals surface area contributed by atoms with Crippen molar-refractivity contribution in [3.05, 3.63) is 64.2 Å². The van der Waals surface area contributed by atoms with Crippen molar-refractivity contribution in [2.75, 3.05) is 25.0 Å². The van der Waals surface area contributed by atoms with Gasteiger partial charge in [-0.2, -0.15) is 8.78 Å². The van der Waals surface area contributed by atoms with Crippen LogP contribution in [0.3, 0.4) is 0 Å². The Labute approximate surface area is 192 Å². The van der Waals surface area contributed by atoms with Crippen LogP contribution in [0.2, 0.25) is 0 Å². The molecule has 2 aromatic heterocycles. The first-order valence-corrected chi connectivity index (χ1v) is 11.1. The van der Waals surface area contributed by atoms with Gasteiger partial charge in [-0.15, -0.1) is 0 Å². The number of anilines is 1. The van der Waals surface area contributed by atoms with Crippen LogP contribution in [0.4, 0.5) is 14.5 Å². The number of carbonyl (C=O) groups is 1. The van der Waals surface area contributed by atoms with Crippen LogP contribution < -0.4 is 10.5 Å². The third-order valence-electron chi connectivity index (χ3n) is 6.02. The minimum atomic E-state index is -2.88. The molecule has 3 aromatic rings. The number of piperidine rings is 1. The standard InChI is InChI=1S/C22H23F2IN4O2/c1-27-13-18(17-7-10-26-19(17)21(27)31)20(30)28(2)15-8-11-29(12-9-15)16-5-3-14(4-6-16)22(23,24)25/h3-7,10,13,15,26H,8-9,11-12H2,1-2H3. The van der Waals surface area contributed by atoms with Gasteiger partial charge >= 0.3 is 3.93 Å². The van der Waals surface area contributed by atoms with Gasteiger partial charge in [-0.05, 0) is 31.0 Å². The quantitative estimate of drug-likeness (QED) is 0.401. The normalized spacial score (nSPS) is 15.5. The topological polar surface area (TPSA) is 61.3 Å². The van der Waals surface area contributed by atoms with Gasteiger partial charge in [-0.3, -0.25) is 9.59 Å².